The molecule has 17 heavy (non-hydrogen) atoms. The Morgan fingerprint density at radius 2 is 2.18 bits per heavy atom. The van der Waals surface area contributed by atoms with Gasteiger partial charge in [0.05, 0.1) is 5.69 Å². The minimum atomic E-state index is -0.265. The average molecular weight is 295 g/mol. The van der Waals surface area contributed by atoms with Crippen molar-refractivity contribution in [3.05, 3.63) is 39.4 Å². The summed E-state index contributed by atoms with van der Waals surface area (Å²) in [5.41, 5.74) is 7.04. The summed E-state index contributed by atoms with van der Waals surface area (Å²) in [6.45, 7) is 2.33. The molecule has 0 saturated heterocycles. The molecule has 0 atom stereocenters. The van der Waals surface area contributed by atoms with Gasteiger partial charge in [0.25, 0.3) is 5.56 Å². The van der Waals surface area contributed by atoms with E-state index in [1.807, 2.05) is 13.0 Å². The number of halogens is 1. The van der Waals surface area contributed by atoms with Gasteiger partial charge < -0.3 is 5.73 Å². The highest BCUT2D eigenvalue weighted by molar-refractivity contribution is 9.10. The molecule has 0 aliphatic rings. The topological polar surface area (TPSA) is 73.8 Å². The molecule has 2 rings (SSSR count). The molecule has 0 aliphatic carbocycles. The van der Waals surface area contributed by atoms with Crippen molar-refractivity contribution in [2.24, 2.45) is 0 Å². The normalized spacial score (nSPS) is 10.5. The summed E-state index contributed by atoms with van der Waals surface area (Å²) in [5, 5.41) is 4.23. The number of hydrogen-bond donors (Lipinski definition) is 1. The van der Waals surface area contributed by atoms with Crippen molar-refractivity contribution in [3.8, 4) is 11.3 Å². The molecule has 0 spiro atoms. The molecular weight excluding hydrogens is 284 g/mol. The second-order valence-corrected chi connectivity index (χ2v) is 4.41. The van der Waals surface area contributed by atoms with Crippen LogP contribution in [0.5, 0.6) is 0 Å². The van der Waals surface area contributed by atoms with E-state index in [1.54, 1.807) is 18.5 Å². The van der Waals surface area contributed by atoms with Gasteiger partial charge in [-0.25, -0.2) is 4.68 Å². The van der Waals surface area contributed by atoms with Crippen LogP contribution in [0.4, 0.5) is 5.69 Å². The molecule has 0 aliphatic heterocycles. The summed E-state index contributed by atoms with van der Waals surface area (Å²) in [7, 11) is 0. The van der Waals surface area contributed by atoms with Gasteiger partial charge in [-0.15, -0.1) is 0 Å². The van der Waals surface area contributed by atoms with E-state index in [0.29, 0.717) is 12.2 Å². The number of nitrogens with zero attached hydrogens (tertiary/aromatic N) is 3. The molecule has 0 bridgehead atoms. The molecule has 2 N–H and O–H groups in total. The zero-order valence-electron chi connectivity index (χ0n) is 9.22. The molecule has 6 heteroatoms. The lowest BCUT2D eigenvalue weighted by Crippen LogP contribution is -2.25. The molecule has 0 aromatic carbocycles. The molecule has 2 aromatic heterocycles. The maximum atomic E-state index is 11.6. The standard InChI is InChI=1S/C11H11BrN4O/c1-2-16-11(17)9(13)4-10(15-16)7-3-8(12)6-14-5-7/h3-6H,2,13H2,1H3. The largest absolute Gasteiger partial charge is 0.394 e. The van der Waals surface area contributed by atoms with Gasteiger partial charge in [0.2, 0.25) is 0 Å². The van der Waals surface area contributed by atoms with E-state index in [2.05, 4.69) is 26.0 Å². The fourth-order valence-corrected chi connectivity index (χ4v) is 1.83. The van der Waals surface area contributed by atoms with Crippen molar-refractivity contribution in [1.29, 1.82) is 0 Å². The number of hydrogen-bond acceptors (Lipinski definition) is 4. The van der Waals surface area contributed by atoms with Crippen molar-refractivity contribution >= 4 is 21.6 Å². The first kappa shape index (κ1) is 11.8. The molecule has 2 heterocycles. The van der Waals surface area contributed by atoms with Gasteiger partial charge in [-0.2, -0.15) is 5.10 Å². The Morgan fingerprint density at radius 3 is 2.82 bits per heavy atom. The third-order valence-corrected chi connectivity index (χ3v) is 2.74. The second-order valence-electron chi connectivity index (χ2n) is 3.50. The van der Waals surface area contributed by atoms with Crippen LogP contribution in [-0.4, -0.2) is 14.8 Å². The van der Waals surface area contributed by atoms with Crippen molar-refractivity contribution in [3.63, 3.8) is 0 Å². The zero-order chi connectivity index (χ0) is 12.4. The average Bonchev–Trinajstić information content (AvgIpc) is 2.32. The SMILES string of the molecule is CCn1nc(-c2cncc(Br)c2)cc(N)c1=O. The van der Waals surface area contributed by atoms with Crippen LogP contribution in [0.1, 0.15) is 6.92 Å². The van der Waals surface area contributed by atoms with Crippen LogP contribution in [-0.2, 0) is 6.54 Å². The second kappa shape index (κ2) is 4.67. The van der Waals surface area contributed by atoms with Crippen LogP contribution in [0.3, 0.4) is 0 Å². The lowest BCUT2D eigenvalue weighted by atomic mass is 10.2. The number of pyridine rings is 1. The molecular formula is C11H11BrN4O. The van der Waals surface area contributed by atoms with Gasteiger partial charge in [-0.1, -0.05) is 0 Å². The Kier molecular flexibility index (Phi) is 3.23. The first-order chi connectivity index (χ1) is 8.11. The van der Waals surface area contributed by atoms with Gasteiger partial charge in [-0.05, 0) is 35.0 Å². The number of rotatable bonds is 2. The highest BCUT2D eigenvalue weighted by atomic mass is 79.9. The molecule has 0 radical (unpaired) electrons. The predicted octanol–water partition coefficient (Wildman–Crippen LogP) is 1.67. The minimum Gasteiger partial charge on any atom is -0.394 e. The number of anilines is 1. The minimum absolute atomic E-state index is 0.192. The molecule has 2 aromatic rings. The molecule has 0 saturated carbocycles. The molecule has 0 fully saturated rings. The number of nitrogens with two attached hydrogens (primary N) is 1. The van der Waals surface area contributed by atoms with Gasteiger partial charge in [0, 0.05) is 29.0 Å². The van der Waals surface area contributed by atoms with E-state index < -0.39 is 0 Å². The van der Waals surface area contributed by atoms with Crippen LogP contribution in [0.25, 0.3) is 11.3 Å². The van der Waals surface area contributed by atoms with Crippen LogP contribution >= 0.6 is 15.9 Å². The predicted molar refractivity (Wildman–Crippen MR) is 69.5 cm³/mol. The van der Waals surface area contributed by atoms with Crippen molar-refractivity contribution < 1.29 is 0 Å². The van der Waals surface area contributed by atoms with E-state index in [4.69, 9.17) is 5.73 Å². The van der Waals surface area contributed by atoms with Crippen molar-refractivity contribution in [2.75, 3.05) is 5.73 Å². The monoisotopic (exact) mass is 294 g/mol. The Bertz CT molecular complexity index is 609. The van der Waals surface area contributed by atoms with Gasteiger partial charge in [0.1, 0.15) is 5.69 Å². The Labute approximate surface area is 106 Å². The maximum absolute atomic E-state index is 11.6. The molecule has 0 amide bonds. The van der Waals surface area contributed by atoms with E-state index in [-0.39, 0.29) is 11.2 Å². The number of aromatic nitrogens is 3. The summed E-state index contributed by atoms with van der Waals surface area (Å²) >= 11 is 3.34. The third-order valence-electron chi connectivity index (χ3n) is 2.30. The number of aryl methyl sites for hydroxylation is 1. The summed E-state index contributed by atoms with van der Waals surface area (Å²) in [6.07, 6.45) is 3.36. The summed E-state index contributed by atoms with van der Waals surface area (Å²) in [5.74, 6) is 0. The zero-order valence-corrected chi connectivity index (χ0v) is 10.8. The van der Waals surface area contributed by atoms with E-state index in [0.717, 1.165) is 10.0 Å². The summed E-state index contributed by atoms with van der Waals surface area (Å²) in [4.78, 5) is 15.7. The van der Waals surface area contributed by atoms with E-state index in [1.165, 1.54) is 4.68 Å². The fourth-order valence-electron chi connectivity index (χ4n) is 1.47. The quantitative estimate of drug-likeness (QED) is 0.914. The first-order valence-corrected chi connectivity index (χ1v) is 5.89. The highest BCUT2D eigenvalue weighted by Crippen LogP contribution is 2.19. The van der Waals surface area contributed by atoms with Crippen LogP contribution in [0.15, 0.2) is 33.8 Å². The summed E-state index contributed by atoms with van der Waals surface area (Å²) < 4.78 is 2.19. The lowest BCUT2D eigenvalue weighted by Gasteiger charge is -2.06. The molecule has 5 nitrogen and oxygen atoms in total. The lowest BCUT2D eigenvalue weighted by molar-refractivity contribution is 0.621. The van der Waals surface area contributed by atoms with Crippen LogP contribution < -0.4 is 11.3 Å². The van der Waals surface area contributed by atoms with Crippen LogP contribution in [0.2, 0.25) is 0 Å². The van der Waals surface area contributed by atoms with Crippen molar-refractivity contribution in [2.45, 2.75) is 13.5 Å². The van der Waals surface area contributed by atoms with Gasteiger partial charge >= 0.3 is 0 Å². The smallest absolute Gasteiger partial charge is 0.289 e. The molecule has 0 unspecified atom stereocenters. The molecule has 88 valence electrons. The third kappa shape index (κ3) is 2.36. The Hall–Kier alpha value is -1.69. The Balaban J connectivity index is 2.61. The van der Waals surface area contributed by atoms with E-state index >= 15 is 0 Å². The van der Waals surface area contributed by atoms with Crippen molar-refractivity contribution in [1.82, 2.24) is 14.8 Å². The van der Waals surface area contributed by atoms with Gasteiger partial charge in [-0.3, -0.25) is 9.78 Å². The first-order valence-electron chi connectivity index (χ1n) is 5.10. The maximum Gasteiger partial charge on any atom is 0.289 e. The van der Waals surface area contributed by atoms with E-state index in [9.17, 15) is 4.79 Å². The fraction of sp³-hybridized carbons (Fsp3) is 0.182. The Morgan fingerprint density at radius 1 is 1.41 bits per heavy atom. The highest BCUT2D eigenvalue weighted by Gasteiger charge is 2.07. The summed E-state index contributed by atoms with van der Waals surface area (Å²) in [6, 6.07) is 3.44. The van der Waals surface area contributed by atoms with Gasteiger partial charge in [0.15, 0.2) is 0 Å². The van der Waals surface area contributed by atoms with Crippen LogP contribution in [0, 0.1) is 0 Å². The number of nitrogen functional groups attached to an aromatic ring is 1.